The number of aliphatic hydroxyl groups is 1. The Morgan fingerprint density at radius 3 is 1.84 bits per heavy atom. The first kappa shape index (κ1) is 22.4. The molecule has 0 bridgehead atoms. The molecular formula is C20H21NO10. The Morgan fingerprint density at radius 2 is 1.39 bits per heavy atom. The van der Waals surface area contributed by atoms with Gasteiger partial charge in [0.1, 0.15) is 12.1 Å². The van der Waals surface area contributed by atoms with Crippen molar-refractivity contribution in [3.05, 3.63) is 35.4 Å². The van der Waals surface area contributed by atoms with Gasteiger partial charge >= 0.3 is 17.9 Å². The Balaban J connectivity index is 2.11. The van der Waals surface area contributed by atoms with E-state index in [0.717, 1.165) is 25.7 Å². The number of benzene rings is 1. The van der Waals surface area contributed by atoms with Gasteiger partial charge in [-0.2, -0.15) is 0 Å². The zero-order valence-corrected chi connectivity index (χ0v) is 17.0. The Labute approximate surface area is 176 Å². The summed E-state index contributed by atoms with van der Waals surface area (Å²) in [5.74, 6) is -3.86. The molecule has 0 unspecified atom stereocenters. The van der Waals surface area contributed by atoms with Crippen LogP contribution < -0.4 is 0 Å². The topological polar surface area (TPSA) is 146 Å². The average molecular weight is 435 g/mol. The van der Waals surface area contributed by atoms with Crippen LogP contribution in [-0.4, -0.2) is 77.0 Å². The summed E-state index contributed by atoms with van der Waals surface area (Å²) in [5, 5.41) is 9.73. The number of carbonyl (C=O) groups excluding carboxylic acids is 5. The number of imide groups is 1. The van der Waals surface area contributed by atoms with Crippen molar-refractivity contribution in [3.8, 4) is 0 Å². The van der Waals surface area contributed by atoms with Gasteiger partial charge in [-0.25, -0.2) is 0 Å². The van der Waals surface area contributed by atoms with Crippen LogP contribution in [0.3, 0.4) is 0 Å². The molecule has 1 saturated heterocycles. The predicted octanol–water partition coefficient (Wildman–Crippen LogP) is -0.205. The van der Waals surface area contributed by atoms with Crippen molar-refractivity contribution in [3.63, 3.8) is 0 Å². The number of hydrogen-bond donors (Lipinski definition) is 1. The molecule has 2 aliphatic heterocycles. The third-order valence-electron chi connectivity index (χ3n) is 4.80. The van der Waals surface area contributed by atoms with E-state index in [1.54, 1.807) is 12.1 Å². The second-order valence-corrected chi connectivity index (χ2v) is 7.00. The van der Waals surface area contributed by atoms with Gasteiger partial charge in [0, 0.05) is 20.8 Å². The number of rotatable bonds is 5. The molecule has 0 aromatic heterocycles. The summed E-state index contributed by atoms with van der Waals surface area (Å²) in [6.07, 6.45) is -5.71. The number of ether oxygens (including phenoxy) is 4. The molecule has 1 N–H and O–H groups in total. The number of amides is 2. The van der Waals surface area contributed by atoms with E-state index in [-0.39, 0.29) is 11.1 Å². The molecule has 166 valence electrons. The monoisotopic (exact) mass is 435 g/mol. The molecule has 2 aliphatic rings. The van der Waals surface area contributed by atoms with Gasteiger partial charge in [0.25, 0.3) is 11.8 Å². The smallest absolute Gasteiger partial charge is 0.305 e. The van der Waals surface area contributed by atoms with Crippen LogP contribution in [0.2, 0.25) is 0 Å². The van der Waals surface area contributed by atoms with Gasteiger partial charge in [-0.15, -0.1) is 0 Å². The van der Waals surface area contributed by atoms with Crippen molar-refractivity contribution in [1.29, 1.82) is 0 Å². The number of esters is 3. The van der Waals surface area contributed by atoms with Crippen LogP contribution in [0.5, 0.6) is 0 Å². The molecule has 1 fully saturated rings. The first-order chi connectivity index (χ1) is 14.6. The zero-order chi connectivity index (χ0) is 22.9. The molecule has 2 amide bonds. The van der Waals surface area contributed by atoms with Crippen molar-refractivity contribution in [2.75, 3.05) is 6.61 Å². The lowest BCUT2D eigenvalue weighted by Gasteiger charge is -2.46. The van der Waals surface area contributed by atoms with Crippen LogP contribution in [-0.2, 0) is 33.3 Å². The van der Waals surface area contributed by atoms with Crippen LogP contribution in [0, 0.1) is 0 Å². The molecule has 11 nitrogen and oxygen atoms in total. The maximum atomic E-state index is 13.1. The summed E-state index contributed by atoms with van der Waals surface area (Å²) in [6, 6.07) is 4.55. The highest BCUT2D eigenvalue weighted by Gasteiger charge is 2.57. The van der Waals surface area contributed by atoms with Crippen LogP contribution >= 0.6 is 0 Å². The van der Waals surface area contributed by atoms with Crippen molar-refractivity contribution in [1.82, 2.24) is 4.90 Å². The number of nitrogens with zero attached hydrogens (tertiary/aromatic N) is 1. The van der Waals surface area contributed by atoms with Crippen molar-refractivity contribution >= 4 is 29.7 Å². The van der Waals surface area contributed by atoms with E-state index in [1.165, 1.54) is 12.1 Å². The van der Waals surface area contributed by atoms with Crippen molar-refractivity contribution < 1.29 is 48.0 Å². The van der Waals surface area contributed by atoms with E-state index in [0.29, 0.717) is 0 Å². The fourth-order valence-corrected chi connectivity index (χ4v) is 3.71. The molecule has 31 heavy (non-hydrogen) atoms. The summed E-state index contributed by atoms with van der Waals surface area (Å²) in [5.41, 5.74) is 0.202. The lowest BCUT2D eigenvalue weighted by Crippen LogP contribution is -2.67. The van der Waals surface area contributed by atoms with E-state index < -0.39 is 67.0 Å². The van der Waals surface area contributed by atoms with Gasteiger partial charge in [0.2, 0.25) is 6.29 Å². The van der Waals surface area contributed by atoms with Crippen LogP contribution in [0.15, 0.2) is 24.3 Å². The molecule has 0 saturated carbocycles. The summed E-state index contributed by atoms with van der Waals surface area (Å²) in [7, 11) is 0. The molecule has 0 radical (unpaired) electrons. The van der Waals surface area contributed by atoms with Gasteiger partial charge in [-0.05, 0) is 12.1 Å². The van der Waals surface area contributed by atoms with E-state index in [9.17, 15) is 29.1 Å². The van der Waals surface area contributed by atoms with Crippen LogP contribution in [0.25, 0.3) is 0 Å². The Bertz CT molecular complexity index is 893. The second kappa shape index (κ2) is 8.82. The zero-order valence-electron chi connectivity index (χ0n) is 17.0. The molecule has 5 atom stereocenters. The maximum Gasteiger partial charge on any atom is 0.305 e. The minimum absolute atomic E-state index is 0.101. The minimum Gasteiger partial charge on any atom is -0.456 e. The molecule has 1 aromatic rings. The van der Waals surface area contributed by atoms with Crippen molar-refractivity contribution in [2.45, 2.75) is 51.4 Å². The van der Waals surface area contributed by atoms with Gasteiger partial charge < -0.3 is 24.1 Å². The van der Waals surface area contributed by atoms with Gasteiger partial charge in [0.15, 0.2) is 12.2 Å². The van der Waals surface area contributed by atoms with Gasteiger partial charge in [0.05, 0.1) is 17.7 Å². The molecule has 2 heterocycles. The normalized spacial score (nSPS) is 27.5. The third kappa shape index (κ3) is 4.28. The SMILES string of the molecule is CC(=O)O[C@H]1O[C@H](CO)[C@@H](OC(C)=O)[C@H](OC(C)=O)[C@H]1N1C(=O)c2ccccc2C1=O. The molecule has 3 rings (SSSR count). The quantitative estimate of drug-likeness (QED) is 0.375. The van der Waals surface area contributed by atoms with E-state index in [1.807, 2.05) is 0 Å². The number of fused-ring (bicyclic) bond motifs is 1. The van der Waals surface area contributed by atoms with E-state index >= 15 is 0 Å². The van der Waals surface area contributed by atoms with Gasteiger partial charge in [-0.3, -0.25) is 28.9 Å². The third-order valence-corrected chi connectivity index (χ3v) is 4.80. The van der Waals surface area contributed by atoms with Crippen LogP contribution in [0.1, 0.15) is 41.5 Å². The van der Waals surface area contributed by atoms with Gasteiger partial charge in [-0.1, -0.05) is 12.1 Å². The standard InChI is InChI=1S/C20H21NO10/c1-9(23)28-16-14(8-22)31-20(30-11(3)25)15(17(16)29-10(2)24)21-18(26)12-6-4-5-7-13(12)19(21)27/h4-7,14-17,20,22H,8H2,1-3H3/t14-,15-,16-,17-,20+/m1/s1. The largest absolute Gasteiger partial charge is 0.456 e. The summed E-state index contributed by atoms with van der Waals surface area (Å²) in [6.45, 7) is 2.56. The Morgan fingerprint density at radius 1 is 0.903 bits per heavy atom. The molecule has 0 aliphatic carbocycles. The van der Waals surface area contributed by atoms with Crippen LogP contribution in [0.4, 0.5) is 0 Å². The highest BCUT2D eigenvalue weighted by atomic mass is 16.7. The van der Waals surface area contributed by atoms with Crippen molar-refractivity contribution in [2.24, 2.45) is 0 Å². The molecule has 11 heteroatoms. The molecule has 0 spiro atoms. The first-order valence-electron chi connectivity index (χ1n) is 9.40. The molecular weight excluding hydrogens is 414 g/mol. The summed E-state index contributed by atoms with van der Waals surface area (Å²) in [4.78, 5) is 62.1. The second-order valence-electron chi connectivity index (χ2n) is 7.00. The summed E-state index contributed by atoms with van der Waals surface area (Å²) >= 11 is 0. The lowest BCUT2D eigenvalue weighted by atomic mass is 9.95. The predicted molar refractivity (Wildman–Crippen MR) is 99.4 cm³/mol. The maximum absolute atomic E-state index is 13.1. The average Bonchev–Trinajstić information content (AvgIpc) is 2.94. The number of aliphatic hydroxyl groups excluding tert-OH is 1. The summed E-state index contributed by atoms with van der Waals surface area (Å²) < 4.78 is 21.3. The number of carbonyl (C=O) groups is 5. The van der Waals surface area contributed by atoms with E-state index in [4.69, 9.17) is 18.9 Å². The molecule has 1 aromatic carbocycles. The van der Waals surface area contributed by atoms with E-state index in [2.05, 4.69) is 0 Å². The fourth-order valence-electron chi connectivity index (χ4n) is 3.71. The fraction of sp³-hybridized carbons (Fsp3) is 0.450. The highest BCUT2D eigenvalue weighted by molar-refractivity contribution is 6.21. The minimum atomic E-state index is -1.59. The Kier molecular flexibility index (Phi) is 6.37. The number of hydrogen-bond acceptors (Lipinski definition) is 10. The first-order valence-corrected chi connectivity index (χ1v) is 9.40. The highest BCUT2D eigenvalue weighted by Crippen LogP contribution is 2.35. The Hall–Kier alpha value is -3.31. The lowest BCUT2D eigenvalue weighted by molar-refractivity contribution is -0.277.